The molecule has 0 bridgehead atoms. The molecule has 3 unspecified atom stereocenters. The molecule has 1 heterocycles. The highest BCUT2D eigenvalue weighted by Gasteiger charge is 2.28. The number of H-pyrrole nitrogens is 1. The summed E-state index contributed by atoms with van der Waals surface area (Å²) in [6.45, 7) is 2.27. The SMILES string of the molecule is CCC1CCC(N)C(Sc2nc3ccc(OC)cc3[nH]2)C1. The van der Waals surface area contributed by atoms with Gasteiger partial charge in [0.25, 0.3) is 0 Å². The molecule has 0 saturated heterocycles. The molecule has 0 amide bonds. The number of fused-ring (bicyclic) bond motifs is 1. The van der Waals surface area contributed by atoms with Crippen molar-refractivity contribution in [1.82, 2.24) is 9.97 Å². The van der Waals surface area contributed by atoms with Gasteiger partial charge in [0.1, 0.15) is 5.75 Å². The zero-order valence-corrected chi connectivity index (χ0v) is 13.5. The summed E-state index contributed by atoms with van der Waals surface area (Å²) in [7, 11) is 1.68. The summed E-state index contributed by atoms with van der Waals surface area (Å²) >= 11 is 1.80. The Labute approximate surface area is 129 Å². The number of aromatic nitrogens is 2. The molecule has 5 heteroatoms. The Kier molecular flexibility index (Phi) is 4.40. The van der Waals surface area contributed by atoms with Crippen LogP contribution in [0.25, 0.3) is 11.0 Å². The van der Waals surface area contributed by atoms with Crippen molar-refractivity contribution in [1.29, 1.82) is 0 Å². The minimum atomic E-state index is 0.278. The first kappa shape index (κ1) is 14.7. The lowest BCUT2D eigenvalue weighted by Crippen LogP contribution is -2.38. The normalized spacial score (nSPS) is 26.1. The van der Waals surface area contributed by atoms with Gasteiger partial charge in [0.2, 0.25) is 0 Å². The van der Waals surface area contributed by atoms with Crippen LogP contribution in [0.4, 0.5) is 0 Å². The van der Waals surface area contributed by atoms with E-state index in [-0.39, 0.29) is 6.04 Å². The fourth-order valence-electron chi connectivity index (χ4n) is 3.03. The molecule has 1 aliphatic carbocycles. The van der Waals surface area contributed by atoms with E-state index in [2.05, 4.69) is 16.9 Å². The lowest BCUT2D eigenvalue weighted by atomic mass is 9.84. The minimum Gasteiger partial charge on any atom is -0.497 e. The number of hydrogen-bond donors (Lipinski definition) is 2. The third kappa shape index (κ3) is 3.19. The first-order chi connectivity index (χ1) is 10.2. The maximum Gasteiger partial charge on any atom is 0.166 e. The predicted molar refractivity (Wildman–Crippen MR) is 87.9 cm³/mol. The van der Waals surface area contributed by atoms with E-state index >= 15 is 0 Å². The molecule has 3 rings (SSSR count). The summed E-state index contributed by atoms with van der Waals surface area (Å²) in [5.74, 6) is 1.66. The number of nitrogens with one attached hydrogen (secondary N) is 1. The van der Waals surface area contributed by atoms with Crippen molar-refractivity contribution in [3.05, 3.63) is 18.2 Å². The van der Waals surface area contributed by atoms with Crippen LogP contribution in [0.1, 0.15) is 32.6 Å². The average molecular weight is 305 g/mol. The molecule has 3 N–H and O–H groups in total. The first-order valence-corrected chi connectivity index (χ1v) is 8.53. The maximum atomic E-state index is 6.30. The highest BCUT2D eigenvalue weighted by atomic mass is 32.2. The second-order valence-electron chi connectivity index (χ2n) is 5.83. The van der Waals surface area contributed by atoms with Crippen molar-refractivity contribution in [3.8, 4) is 5.75 Å². The number of rotatable bonds is 4. The molecule has 2 aromatic rings. The number of methoxy groups -OCH3 is 1. The Bertz CT molecular complexity index is 613. The molecule has 3 atom stereocenters. The van der Waals surface area contributed by atoms with Gasteiger partial charge < -0.3 is 15.5 Å². The van der Waals surface area contributed by atoms with E-state index in [1.807, 2.05) is 18.2 Å². The van der Waals surface area contributed by atoms with E-state index in [0.717, 1.165) is 34.3 Å². The van der Waals surface area contributed by atoms with E-state index in [4.69, 9.17) is 10.5 Å². The zero-order valence-electron chi connectivity index (χ0n) is 12.6. The molecular formula is C16H23N3OS. The third-order valence-electron chi connectivity index (χ3n) is 4.46. The molecule has 0 aliphatic heterocycles. The van der Waals surface area contributed by atoms with Crippen molar-refractivity contribution in [3.63, 3.8) is 0 Å². The summed E-state index contributed by atoms with van der Waals surface area (Å²) in [6.07, 6.45) is 4.85. The average Bonchev–Trinajstić information content (AvgIpc) is 2.90. The lowest BCUT2D eigenvalue weighted by Gasteiger charge is -2.32. The van der Waals surface area contributed by atoms with Crippen molar-refractivity contribution in [2.75, 3.05) is 7.11 Å². The number of hydrogen-bond acceptors (Lipinski definition) is 4. The van der Waals surface area contributed by atoms with E-state index in [1.165, 1.54) is 19.3 Å². The fourth-order valence-corrected chi connectivity index (χ4v) is 4.32. The molecule has 114 valence electrons. The van der Waals surface area contributed by atoms with E-state index in [9.17, 15) is 0 Å². The molecule has 1 aromatic heterocycles. The molecule has 1 saturated carbocycles. The summed E-state index contributed by atoms with van der Waals surface area (Å²) < 4.78 is 5.25. The lowest BCUT2D eigenvalue weighted by molar-refractivity contribution is 0.327. The second-order valence-corrected chi connectivity index (χ2v) is 7.06. The van der Waals surface area contributed by atoms with Gasteiger partial charge in [-0.05, 0) is 37.3 Å². The largest absolute Gasteiger partial charge is 0.497 e. The van der Waals surface area contributed by atoms with Crippen LogP contribution in [-0.4, -0.2) is 28.4 Å². The maximum absolute atomic E-state index is 6.30. The number of nitrogens with zero attached hydrogens (tertiary/aromatic N) is 1. The van der Waals surface area contributed by atoms with Crippen LogP contribution in [0.2, 0.25) is 0 Å². The first-order valence-electron chi connectivity index (χ1n) is 7.65. The number of aromatic amines is 1. The van der Waals surface area contributed by atoms with Crippen LogP contribution in [0, 0.1) is 5.92 Å². The number of thioether (sulfide) groups is 1. The molecule has 4 nitrogen and oxygen atoms in total. The molecule has 0 spiro atoms. The monoisotopic (exact) mass is 305 g/mol. The summed E-state index contributed by atoms with van der Waals surface area (Å²) in [4.78, 5) is 8.05. The highest BCUT2D eigenvalue weighted by molar-refractivity contribution is 7.99. The van der Waals surface area contributed by atoms with E-state index in [1.54, 1.807) is 18.9 Å². The van der Waals surface area contributed by atoms with Crippen molar-refractivity contribution < 1.29 is 4.74 Å². The van der Waals surface area contributed by atoms with Crippen LogP contribution >= 0.6 is 11.8 Å². The van der Waals surface area contributed by atoms with Gasteiger partial charge in [-0.25, -0.2) is 4.98 Å². The molecule has 1 aromatic carbocycles. The van der Waals surface area contributed by atoms with Crippen LogP contribution in [0.15, 0.2) is 23.4 Å². The number of nitrogens with two attached hydrogens (primary N) is 1. The highest BCUT2D eigenvalue weighted by Crippen LogP contribution is 2.36. The topological polar surface area (TPSA) is 63.9 Å². The standard InChI is InChI=1S/C16H23N3OS/c1-3-10-4-6-12(17)15(8-10)21-16-18-13-7-5-11(20-2)9-14(13)19-16/h5,7,9-10,12,15H,3-4,6,8,17H2,1-2H3,(H,18,19). The van der Waals surface area contributed by atoms with Gasteiger partial charge in [-0.2, -0.15) is 0 Å². The van der Waals surface area contributed by atoms with Crippen LogP contribution in [0.5, 0.6) is 5.75 Å². The van der Waals surface area contributed by atoms with Crippen LogP contribution < -0.4 is 10.5 Å². The van der Waals surface area contributed by atoms with Crippen LogP contribution in [0.3, 0.4) is 0 Å². The van der Waals surface area contributed by atoms with Crippen molar-refractivity contribution in [2.45, 2.75) is 49.1 Å². The van der Waals surface area contributed by atoms with Gasteiger partial charge in [-0.3, -0.25) is 0 Å². The summed E-state index contributed by atoms with van der Waals surface area (Å²) in [5.41, 5.74) is 8.30. The van der Waals surface area contributed by atoms with Crippen molar-refractivity contribution >= 4 is 22.8 Å². The van der Waals surface area contributed by atoms with Gasteiger partial charge in [0, 0.05) is 17.4 Å². The number of imidazole rings is 1. The molecule has 1 fully saturated rings. The van der Waals surface area contributed by atoms with Gasteiger partial charge >= 0.3 is 0 Å². The Morgan fingerprint density at radius 3 is 3.05 bits per heavy atom. The zero-order chi connectivity index (χ0) is 14.8. The van der Waals surface area contributed by atoms with Gasteiger partial charge in [0.05, 0.1) is 18.1 Å². The van der Waals surface area contributed by atoms with Gasteiger partial charge in [-0.1, -0.05) is 25.1 Å². The predicted octanol–water partition coefficient (Wildman–Crippen LogP) is 3.57. The number of benzene rings is 1. The molecule has 1 aliphatic rings. The Morgan fingerprint density at radius 1 is 1.43 bits per heavy atom. The van der Waals surface area contributed by atoms with Crippen molar-refractivity contribution in [2.24, 2.45) is 11.7 Å². The Balaban J connectivity index is 1.77. The molecule has 0 radical (unpaired) electrons. The van der Waals surface area contributed by atoms with E-state index < -0.39 is 0 Å². The Morgan fingerprint density at radius 2 is 2.29 bits per heavy atom. The third-order valence-corrected chi connectivity index (χ3v) is 5.72. The molecular weight excluding hydrogens is 282 g/mol. The summed E-state index contributed by atoms with van der Waals surface area (Å²) in [6, 6.07) is 6.20. The van der Waals surface area contributed by atoms with Gasteiger partial charge in [0.15, 0.2) is 5.16 Å². The second kappa shape index (κ2) is 6.28. The molecule has 21 heavy (non-hydrogen) atoms. The Hall–Kier alpha value is -1.20. The van der Waals surface area contributed by atoms with Gasteiger partial charge in [-0.15, -0.1) is 0 Å². The minimum absolute atomic E-state index is 0.278. The fraction of sp³-hybridized carbons (Fsp3) is 0.562. The summed E-state index contributed by atoms with van der Waals surface area (Å²) in [5, 5.41) is 1.43. The van der Waals surface area contributed by atoms with Crippen LogP contribution in [-0.2, 0) is 0 Å². The van der Waals surface area contributed by atoms with E-state index in [0.29, 0.717) is 5.25 Å². The number of ether oxygens (including phenoxy) is 1. The smallest absolute Gasteiger partial charge is 0.166 e. The quantitative estimate of drug-likeness (QED) is 0.906.